The van der Waals surface area contributed by atoms with Gasteiger partial charge in [0.15, 0.2) is 0 Å². The number of methoxy groups -OCH3 is 2. The molecule has 3 heteroatoms. The van der Waals surface area contributed by atoms with E-state index >= 15 is 0 Å². The number of allylic oxidation sites excluding steroid dienone is 1. The fourth-order valence-corrected chi connectivity index (χ4v) is 1.93. The highest BCUT2D eigenvalue weighted by atomic mass is 16.5. The molecule has 0 aliphatic carbocycles. The maximum atomic E-state index is 5.92. The summed E-state index contributed by atoms with van der Waals surface area (Å²) in [6, 6.07) is 6.02. The van der Waals surface area contributed by atoms with E-state index in [0.717, 1.165) is 35.3 Å². The van der Waals surface area contributed by atoms with E-state index in [-0.39, 0.29) is 0 Å². The number of hydrogen-bond acceptors (Lipinski definition) is 3. The van der Waals surface area contributed by atoms with Gasteiger partial charge in [-0.15, -0.1) is 0 Å². The van der Waals surface area contributed by atoms with Crippen LogP contribution in [0.3, 0.4) is 0 Å². The van der Waals surface area contributed by atoms with Gasteiger partial charge >= 0.3 is 0 Å². The molecule has 0 saturated heterocycles. The molecule has 0 bridgehead atoms. The maximum Gasteiger partial charge on any atom is 0.131 e. The van der Waals surface area contributed by atoms with Gasteiger partial charge in [-0.2, -0.15) is 0 Å². The quantitative estimate of drug-likeness (QED) is 0.621. The second kappa shape index (κ2) is 7.19. The van der Waals surface area contributed by atoms with Crippen LogP contribution in [0.2, 0.25) is 0 Å². The molecule has 1 aromatic rings. The van der Waals surface area contributed by atoms with Crippen molar-refractivity contribution >= 4 is 5.76 Å². The average Bonchev–Trinajstić information content (AvgIpc) is 2.40. The highest BCUT2D eigenvalue weighted by Crippen LogP contribution is 2.26. The second-order valence-corrected chi connectivity index (χ2v) is 4.24. The van der Waals surface area contributed by atoms with Crippen LogP contribution in [0.5, 0.6) is 0 Å². The predicted octanol–water partition coefficient (Wildman–Crippen LogP) is 3.39. The molecule has 0 aliphatic rings. The molecule has 0 saturated carbocycles. The van der Waals surface area contributed by atoms with Gasteiger partial charge in [0.2, 0.25) is 0 Å². The molecule has 0 heterocycles. The minimum absolute atomic E-state index is 0.394. The molecule has 1 rings (SSSR count). The number of rotatable bonds is 6. The summed E-state index contributed by atoms with van der Waals surface area (Å²) in [5.74, 6) is 0.902. The zero-order chi connectivity index (χ0) is 13.5. The summed E-state index contributed by atoms with van der Waals surface area (Å²) in [5, 5.41) is 0. The van der Waals surface area contributed by atoms with Gasteiger partial charge in [-0.25, -0.2) is 0 Å². The van der Waals surface area contributed by atoms with Gasteiger partial charge < -0.3 is 15.2 Å². The van der Waals surface area contributed by atoms with E-state index in [1.54, 1.807) is 14.2 Å². The summed E-state index contributed by atoms with van der Waals surface area (Å²) in [6.07, 6.45) is 3.82. The van der Waals surface area contributed by atoms with Gasteiger partial charge in [0.1, 0.15) is 12.0 Å². The predicted molar refractivity (Wildman–Crippen MR) is 75.0 cm³/mol. The Morgan fingerprint density at radius 2 is 2.11 bits per heavy atom. The van der Waals surface area contributed by atoms with Crippen molar-refractivity contribution in [2.24, 2.45) is 5.73 Å². The van der Waals surface area contributed by atoms with Crippen molar-refractivity contribution < 1.29 is 9.47 Å². The van der Waals surface area contributed by atoms with Gasteiger partial charge in [-0.05, 0) is 30.5 Å². The number of unbranched alkanes of at least 4 members (excludes halogenated alkanes) is 1. The minimum Gasteiger partial charge on any atom is -0.496 e. The van der Waals surface area contributed by atoms with Crippen molar-refractivity contribution in [2.75, 3.05) is 14.2 Å². The van der Waals surface area contributed by atoms with Crippen LogP contribution in [0.15, 0.2) is 24.3 Å². The van der Waals surface area contributed by atoms with Crippen LogP contribution in [-0.2, 0) is 9.47 Å². The lowest BCUT2D eigenvalue weighted by atomic mass is 9.99. The fraction of sp³-hybridized carbons (Fsp3) is 0.467. The average molecular weight is 249 g/mol. The van der Waals surface area contributed by atoms with Crippen LogP contribution in [0, 0.1) is 6.92 Å². The Balaban J connectivity index is 3.16. The molecule has 0 unspecified atom stereocenters. The summed E-state index contributed by atoms with van der Waals surface area (Å²) >= 11 is 0. The Kier molecular flexibility index (Phi) is 5.89. The summed E-state index contributed by atoms with van der Waals surface area (Å²) in [6.45, 7) is 4.19. The normalized spacial score (nSPS) is 13.5. The highest BCUT2D eigenvalue weighted by molar-refractivity contribution is 5.64. The van der Waals surface area contributed by atoms with Crippen LogP contribution < -0.4 is 5.73 Å². The summed E-state index contributed by atoms with van der Waals surface area (Å²) < 4.78 is 10.7. The van der Waals surface area contributed by atoms with Crippen LogP contribution >= 0.6 is 0 Å². The Morgan fingerprint density at radius 3 is 2.67 bits per heavy atom. The van der Waals surface area contributed by atoms with E-state index in [0.29, 0.717) is 0 Å². The molecule has 0 radical (unpaired) electrons. The topological polar surface area (TPSA) is 44.5 Å². The van der Waals surface area contributed by atoms with Crippen molar-refractivity contribution in [2.45, 2.75) is 32.9 Å². The molecule has 1 atom stereocenters. The fourth-order valence-electron chi connectivity index (χ4n) is 1.93. The molecule has 2 N–H and O–H groups in total. The van der Waals surface area contributed by atoms with Crippen LogP contribution in [0.4, 0.5) is 0 Å². The molecule has 18 heavy (non-hydrogen) atoms. The van der Waals surface area contributed by atoms with Gasteiger partial charge in [-0.1, -0.05) is 31.5 Å². The third-order valence-corrected chi connectivity index (χ3v) is 3.04. The molecule has 100 valence electrons. The van der Waals surface area contributed by atoms with Crippen LogP contribution in [0.25, 0.3) is 5.76 Å². The Hall–Kier alpha value is -1.32. The molecule has 0 fully saturated rings. The first-order valence-corrected chi connectivity index (χ1v) is 6.28. The third kappa shape index (κ3) is 3.34. The molecule has 1 aromatic carbocycles. The van der Waals surface area contributed by atoms with E-state index in [1.165, 1.54) is 0 Å². The van der Waals surface area contributed by atoms with E-state index < -0.39 is 6.23 Å². The van der Waals surface area contributed by atoms with Crippen LogP contribution in [-0.4, -0.2) is 14.2 Å². The first-order valence-electron chi connectivity index (χ1n) is 6.28. The summed E-state index contributed by atoms with van der Waals surface area (Å²) in [4.78, 5) is 0. The van der Waals surface area contributed by atoms with Crippen molar-refractivity contribution in [3.8, 4) is 0 Å². The summed E-state index contributed by atoms with van der Waals surface area (Å²) in [5.41, 5.74) is 9.11. The SMILES string of the molecule is CCC/C=C(/OC)c1cccc([C@@H](N)OC)c1C. The maximum absolute atomic E-state index is 5.92. The molecule has 0 spiro atoms. The van der Waals surface area contributed by atoms with Gasteiger partial charge in [0.25, 0.3) is 0 Å². The monoisotopic (exact) mass is 249 g/mol. The molecule has 0 aromatic heterocycles. The molecular formula is C15H23NO2. The zero-order valence-corrected chi connectivity index (χ0v) is 11.7. The molecule has 3 nitrogen and oxygen atoms in total. The summed E-state index contributed by atoms with van der Waals surface area (Å²) in [7, 11) is 3.31. The second-order valence-electron chi connectivity index (χ2n) is 4.24. The Bertz CT molecular complexity index is 413. The van der Waals surface area contributed by atoms with Gasteiger partial charge in [0.05, 0.1) is 7.11 Å². The smallest absolute Gasteiger partial charge is 0.131 e. The van der Waals surface area contributed by atoms with Crippen molar-refractivity contribution in [1.82, 2.24) is 0 Å². The zero-order valence-electron chi connectivity index (χ0n) is 11.7. The van der Waals surface area contributed by atoms with Crippen LogP contribution in [0.1, 0.15) is 42.7 Å². The van der Waals surface area contributed by atoms with Gasteiger partial charge in [-0.3, -0.25) is 0 Å². The van der Waals surface area contributed by atoms with E-state index in [2.05, 4.69) is 13.0 Å². The largest absolute Gasteiger partial charge is 0.496 e. The Morgan fingerprint density at radius 1 is 1.39 bits per heavy atom. The molecule has 0 aliphatic heterocycles. The lowest BCUT2D eigenvalue weighted by molar-refractivity contribution is 0.109. The lowest BCUT2D eigenvalue weighted by Crippen LogP contribution is -2.14. The highest BCUT2D eigenvalue weighted by Gasteiger charge is 2.13. The first-order chi connectivity index (χ1) is 8.65. The standard InChI is InChI=1S/C15H23NO2/c1-5-6-10-14(17-3)12-8-7-9-13(11(12)2)15(16)18-4/h7-10,15H,5-6,16H2,1-4H3/b14-10+/t15-/m0/s1. The molecule has 0 amide bonds. The number of nitrogens with two attached hydrogens (primary N) is 1. The molecular weight excluding hydrogens is 226 g/mol. The minimum atomic E-state index is -0.394. The third-order valence-electron chi connectivity index (χ3n) is 3.04. The van der Waals surface area contributed by atoms with Crippen molar-refractivity contribution in [3.63, 3.8) is 0 Å². The number of ether oxygens (including phenoxy) is 2. The lowest BCUT2D eigenvalue weighted by Gasteiger charge is -2.17. The van der Waals surface area contributed by atoms with E-state index in [4.69, 9.17) is 15.2 Å². The first kappa shape index (κ1) is 14.7. The van der Waals surface area contributed by atoms with Gasteiger partial charge in [0, 0.05) is 12.7 Å². The Labute approximate surface area is 110 Å². The number of hydrogen-bond donors (Lipinski definition) is 1. The number of benzene rings is 1. The van der Waals surface area contributed by atoms with E-state index in [1.807, 2.05) is 25.1 Å². The van der Waals surface area contributed by atoms with E-state index in [9.17, 15) is 0 Å². The van der Waals surface area contributed by atoms with Crippen molar-refractivity contribution in [3.05, 3.63) is 41.0 Å². The van der Waals surface area contributed by atoms with Crippen molar-refractivity contribution in [1.29, 1.82) is 0 Å².